The summed E-state index contributed by atoms with van der Waals surface area (Å²) < 4.78 is 0. The number of nitrogens with zero attached hydrogens (tertiary/aromatic N) is 1. The van der Waals surface area contributed by atoms with Crippen LogP contribution in [0.25, 0.3) is 11.1 Å². The molecule has 0 radical (unpaired) electrons. The van der Waals surface area contributed by atoms with E-state index in [0.717, 1.165) is 52.9 Å². The van der Waals surface area contributed by atoms with Gasteiger partial charge in [0.2, 0.25) is 0 Å². The Bertz CT molecular complexity index is 1960. The Kier molecular flexibility index (Phi) is 5.86. The van der Waals surface area contributed by atoms with Crippen LogP contribution in [-0.4, -0.2) is 5.78 Å². The third-order valence-electron chi connectivity index (χ3n) is 8.80. The van der Waals surface area contributed by atoms with E-state index in [2.05, 4.69) is 126 Å². The highest BCUT2D eigenvalue weighted by molar-refractivity contribution is 6.12. The molecular formula is C40H29NO. The number of benzene rings is 6. The van der Waals surface area contributed by atoms with Gasteiger partial charge in [-0.05, 0) is 93.7 Å². The molecule has 2 nitrogen and oxygen atoms in total. The molecule has 0 saturated carbocycles. The monoisotopic (exact) mass is 539 g/mol. The van der Waals surface area contributed by atoms with Gasteiger partial charge < -0.3 is 4.90 Å². The van der Waals surface area contributed by atoms with Gasteiger partial charge in [0.15, 0.2) is 5.78 Å². The van der Waals surface area contributed by atoms with Crippen LogP contribution < -0.4 is 4.90 Å². The van der Waals surface area contributed by atoms with Crippen LogP contribution in [0.15, 0.2) is 140 Å². The van der Waals surface area contributed by atoms with Gasteiger partial charge in [-0.1, -0.05) is 103 Å². The van der Waals surface area contributed by atoms with Crippen molar-refractivity contribution in [3.63, 3.8) is 0 Å². The molecule has 2 aliphatic rings. The molecule has 2 heteroatoms. The Morgan fingerprint density at radius 1 is 0.429 bits per heavy atom. The normalized spacial score (nSPS) is 13.0. The maximum absolute atomic E-state index is 13.4. The zero-order chi connectivity index (χ0) is 28.0. The van der Waals surface area contributed by atoms with Crippen LogP contribution in [0, 0.1) is 0 Å². The van der Waals surface area contributed by atoms with Crippen molar-refractivity contribution >= 4 is 22.8 Å². The molecule has 0 spiro atoms. The maximum atomic E-state index is 13.4. The van der Waals surface area contributed by atoms with E-state index in [1.165, 1.54) is 39.1 Å². The van der Waals surface area contributed by atoms with Crippen molar-refractivity contribution in [2.75, 3.05) is 4.90 Å². The topological polar surface area (TPSA) is 20.3 Å². The first-order valence-electron chi connectivity index (χ1n) is 14.6. The molecule has 0 saturated heterocycles. The number of fused-ring (bicyclic) bond motifs is 4. The van der Waals surface area contributed by atoms with Crippen LogP contribution in [0.1, 0.15) is 49.3 Å². The lowest BCUT2D eigenvalue weighted by molar-refractivity contribution is 0.103. The molecule has 0 bridgehead atoms. The number of hydrogen-bond donors (Lipinski definition) is 0. The van der Waals surface area contributed by atoms with Crippen molar-refractivity contribution < 1.29 is 4.79 Å². The largest absolute Gasteiger partial charge is 0.310 e. The van der Waals surface area contributed by atoms with Crippen molar-refractivity contribution in [2.24, 2.45) is 0 Å². The van der Waals surface area contributed by atoms with E-state index in [1.807, 2.05) is 18.2 Å². The van der Waals surface area contributed by atoms with Crippen LogP contribution in [-0.2, 0) is 19.3 Å². The van der Waals surface area contributed by atoms with Crippen molar-refractivity contribution in [1.29, 1.82) is 0 Å². The molecule has 0 aromatic heterocycles. The third kappa shape index (κ3) is 4.15. The van der Waals surface area contributed by atoms with Crippen molar-refractivity contribution in [1.82, 2.24) is 0 Å². The fourth-order valence-electron chi connectivity index (χ4n) is 6.71. The Hall–Kier alpha value is -5.21. The first-order valence-corrected chi connectivity index (χ1v) is 14.6. The van der Waals surface area contributed by atoms with E-state index in [-0.39, 0.29) is 5.78 Å². The van der Waals surface area contributed by atoms with Gasteiger partial charge in [-0.3, -0.25) is 4.79 Å². The second kappa shape index (κ2) is 10.0. The van der Waals surface area contributed by atoms with Crippen LogP contribution >= 0.6 is 0 Å². The fourth-order valence-corrected chi connectivity index (χ4v) is 6.71. The Balaban J connectivity index is 1.21. The average Bonchev–Trinajstić information content (AvgIpc) is 3.05. The van der Waals surface area contributed by atoms with Crippen molar-refractivity contribution in [3.05, 3.63) is 184 Å². The SMILES string of the molecule is O=C1c2ccccc2Cc2cc3c(cc21)Cc1cccc(N(c2ccccc2)c2ccc(-c4ccccc4)cc2)c1C3. The number of carbonyl (C=O) groups is 1. The van der Waals surface area contributed by atoms with Crippen LogP contribution in [0.4, 0.5) is 17.1 Å². The summed E-state index contributed by atoms with van der Waals surface area (Å²) in [5.74, 6) is 0.156. The minimum Gasteiger partial charge on any atom is -0.310 e. The molecule has 0 fully saturated rings. The highest BCUT2D eigenvalue weighted by Crippen LogP contribution is 2.42. The number of carbonyl (C=O) groups excluding carboxylic acids is 1. The second-order valence-electron chi connectivity index (χ2n) is 11.3. The zero-order valence-electron chi connectivity index (χ0n) is 23.3. The predicted molar refractivity (Wildman–Crippen MR) is 171 cm³/mol. The zero-order valence-corrected chi connectivity index (χ0v) is 23.3. The van der Waals surface area contributed by atoms with Gasteiger partial charge in [0.1, 0.15) is 0 Å². The van der Waals surface area contributed by atoms with Crippen molar-refractivity contribution in [2.45, 2.75) is 19.3 Å². The molecule has 6 aromatic rings. The summed E-state index contributed by atoms with van der Waals surface area (Å²) in [6, 6.07) is 49.2. The van der Waals surface area contributed by atoms with E-state index in [0.29, 0.717) is 0 Å². The highest BCUT2D eigenvalue weighted by atomic mass is 16.1. The smallest absolute Gasteiger partial charge is 0.193 e. The summed E-state index contributed by atoms with van der Waals surface area (Å²) in [6.07, 6.45) is 2.48. The van der Waals surface area contributed by atoms with Crippen molar-refractivity contribution in [3.8, 4) is 11.1 Å². The van der Waals surface area contributed by atoms with E-state index in [1.54, 1.807) is 0 Å². The van der Waals surface area contributed by atoms with Crippen LogP contribution in [0.2, 0.25) is 0 Å². The summed E-state index contributed by atoms with van der Waals surface area (Å²) >= 11 is 0. The fraction of sp³-hybridized carbons (Fsp3) is 0.0750. The number of rotatable bonds is 4. The highest BCUT2D eigenvalue weighted by Gasteiger charge is 2.28. The standard InChI is InChI=1S/C40H29NO/c42-40-36-16-8-7-12-29(36)23-33-24-32-25-37-30(22-31(32)26-38(33)40)13-9-17-39(37)41(34-14-5-2-6-15-34)35-20-18-28(19-21-35)27-10-3-1-4-11-27/h1-21,24,26H,22-23,25H2. The van der Waals surface area contributed by atoms with Gasteiger partial charge in [-0.25, -0.2) is 0 Å². The van der Waals surface area contributed by atoms with Crippen LogP contribution in [0.3, 0.4) is 0 Å². The number of hydrogen-bond acceptors (Lipinski definition) is 2. The van der Waals surface area contributed by atoms with E-state index in [4.69, 9.17) is 0 Å². The summed E-state index contributed by atoms with van der Waals surface area (Å²) in [6.45, 7) is 0. The Morgan fingerprint density at radius 3 is 1.86 bits per heavy atom. The second-order valence-corrected chi connectivity index (χ2v) is 11.3. The van der Waals surface area contributed by atoms with Gasteiger partial charge in [0.05, 0.1) is 0 Å². The molecule has 0 N–H and O–H groups in total. The Labute approximate surface area is 246 Å². The molecule has 0 atom stereocenters. The molecule has 8 rings (SSSR count). The Morgan fingerprint density at radius 2 is 1.05 bits per heavy atom. The summed E-state index contributed by atoms with van der Waals surface area (Å²) in [4.78, 5) is 15.8. The van der Waals surface area contributed by atoms with Crippen LogP contribution in [0.5, 0.6) is 0 Å². The summed E-state index contributed by atoms with van der Waals surface area (Å²) in [5.41, 5.74) is 15.2. The lowest BCUT2D eigenvalue weighted by atomic mass is 9.78. The molecule has 2 aliphatic carbocycles. The molecule has 0 unspecified atom stereocenters. The first-order chi connectivity index (χ1) is 20.7. The quantitative estimate of drug-likeness (QED) is 0.222. The van der Waals surface area contributed by atoms with Gasteiger partial charge in [0.25, 0.3) is 0 Å². The number of para-hydroxylation sites is 1. The summed E-state index contributed by atoms with van der Waals surface area (Å²) in [5, 5.41) is 0. The average molecular weight is 540 g/mol. The molecule has 6 aromatic carbocycles. The molecule has 0 amide bonds. The maximum Gasteiger partial charge on any atom is 0.193 e. The minimum atomic E-state index is 0.156. The third-order valence-corrected chi connectivity index (χ3v) is 8.80. The lowest BCUT2D eigenvalue weighted by Gasteiger charge is -2.31. The number of anilines is 3. The molecule has 200 valence electrons. The molecule has 0 heterocycles. The molecular weight excluding hydrogens is 510 g/mol. The first kappa shape index (κ1) is 24.6. The summed E-state index contributed by atoms with van der Waals surface area (Å²) in [7, 11) is 0. The van der Waals surface area contributed by atoms with Gasteiger partial charge in [-0.15, -0.1) is 0 Å². The number of ketones is 1. The van der Waals surface area contributed by atoms with Gasteiger partial charge in [-0.2, -0.15) is 0 Å². The molecule has 42 heavy (non-hydrogen) atoms. The van der Waals surface area contributed by atoms with E-state index in [9.17, 15) is 4.79 Å². The van der Waals surface area contributed by atoms with E-state index >= 15 is 0 Å². The van der Waals surface area contributed by atoms with E-state index < -0.39 is 0 Å². The van der Waals surface area contributed by atoms with Gasteiger partial charge in [0, 0.05) is 34.6 Å². The van der Waals surface area contributed by atoms with Gasteiger partial charge >= 0.3 is 0 Å². The minimum absolute atomic E-state index is 0.156. The predicted octanol–water partition coefficient (Wildman–Crippen LogP) is 9.45. The molecule has 0 aliphatic heterocycles. The lowest BCUT2D eigenvalue weighted by Crippen LogP contribution is -2.19.